The SMILES string of the molecule is COc1ccc(/C=C/C(=O)NNC(=S)Nc2ccc(Cl)cc2)cc1F. The lowest BCUT2D eigenvalue weighted by molar-refractivity contribution is -0.116. The van der Waals surface area contributed by atoms with Gasteiger partial charge in [-0.1, -0.05) is 17.7 Å². The second kappa shape index (κ2) is 9.00. The Balaban J connectivity index is 1.82. The monoisotopic (exact) mass is 379 g/mol. The molecule has 0 aliphatic carbocycles. The number of rotatable bonds is 4. The van der Waals surface area contributed by atoms with Gasteiger partial charge in [0.2, 0.25) is 0 Å². The van der Waals surface area contributed by atoms with Crippen molar-refractivity contribution < 1.29 is 13.9 Å². The Bertz CT molecular complexity index is 797. The number of carbonyl (C=O) groups excluding carboxylic acids is 1. The Kier molecular flexibility index (Phi) is 6.73. The van der Waals surface area contributed by atoms with E-state index in [2.05, 4.69) is 16.2 Å². The van der Waals surface area contributed by atoms with E-state index in [1.165, 1.54) is 31.4 Å². The summed E-state index contributed by atoms with van der Waals surface area (Å²) in [6, 6.07) is 11.3. The summed E-state index contributed by atoms with van der Waals surface area (Å²) >= 11 is 10.8. The molecule has 3 N–H and O–H groups in total. The molecule has 0 spiro atoms. The van der Waals surface area contributed by atoms with Crippen LogP contribution in [0.5, 0.6) is 5.75 Å². The van der Waals surface area contributed by atoms with E-state index in [0.717, 1.165) is 5.69 Å². The van der Waals surface area contributed by atoms with Crippen LogP contribution in [-0.2, 0) is 4.79 Å². The quantitative estimate of drug-likeness (QED) is 0.431. The van der Waals surface area contributed by atoms with Crippen LogP contribution in [0, 0.1) is 5.82 Å². The van der Waals surface area contributed by atoms with Gasteiger partial charge in [-0.25, -0.2) is 4.39 Å². The lowest BCUT2D eigenvalue weighted by Crippen LogP contribution is -2.43. The van der Waals surface area contributed by atoms with Crippen molar-refractivity contribution in [2.75, 3.05) is 12.4 Å². The molecule has 0 heterocycles. The zero-order valence-electron chi connectivity index (χ0n) is 13.2. The number of hydrogen-bond acceptors (Lipinski definition) is 3. The first-order valence-electron chi connectivity index (χ1n) is 7.12. The lowest BCUT2D eigenvalue weighted by atomic mass is 10.2. The van der Waals surface area contributed by atoms with E-state index in [1.807, 2.05) is 0 Å². The number of ether oxygens (including phenoxy) is 1. The van der Waals surface area contributed by atoms with Gasteiger partial charge < -0.3 is 10.1 Å². The van der Waals surface area contributed by atoms with Gasteiger partial charge in [-0.05, 0) is 60.3 Å². The summed E-state index contributed by atoms with van der Waals surface area (Å²) in [5.74, 6) is -0.810. The topological polar surface area (TPSA) is 62.4 Å². The lowest BCUT2D eigenvalue weighted by Gasteiger charge is -2.10. The summed E-state index contributed by atoms with van der Waals surface area (Å²) in [7, 11) is 1.38. The number of benzene rings is 2. The Hall–Kier alpha value is -2.64. The van der Waals surface area contributed by atoms with E-state index < -0.39 is 11.7 Å². The Labute approximate surface area is 154 Å². The summed E-state index contributed by atoms with van der Waals surface area (Å²) in [5, 5.41) is 3.69. The maximum Gasteiger partial charge on any atom is 0.262 e. The van der Waals surface area contributed by atoms with Crippen molar-refractivity contribution in [1.29, 1.82) is 0 Å². The molecule has 0 fully saturated rings. The van der Waals surface area contributed by atoms with Crippen LogP contribution >= 0.6 is 23.8 Å². The van der Waals surface area contributed by atoms with Crippen LogP contribution in [0.2, 0.25) is 5.02 Å². The van der Waals surface area contributed by atoms with Gasteiger partial charge in [0.1, 0.15) is 0 Å². The summed E-state index contributed by atoms with van der Waals surface area (Å²) in [6.45, 7) is 0. The number of nitrogens with one attached hydrogen (secondary N) is 3. The fourth-order valence-corrected chi connectivity index (χ4v) is 2.11. The second-order valence-corrected chi connectivity index (χ2v) is 5.65. The van der Waals surface area contributed by atoms with Gasteiger partial charge in [0.15, 0.2) is 16.7 Å². The third-order valence-electron chi connectivity index (χ3n) is 3.00. The zero-order valence-corrected chi connectivity index (χ0v) is 14.7. The van der Waals surface area contributed by atoms with Gasteiger partial charge in [0.05, 0.1) is 7.11 Å². The van der Waals surface area contributed by atoms with E-state index in [-0.39, 0.29) is 10.9 Å². The van der Waals surface area contributed by atoms with Crippen molar-refractivity contribution in [2.45, 2.75) is 0 Å². The van der Waals surface area contributed by atoms with Crippen molar-refractivity contribution in [2.24, 2.45) is 0 Å². The van der Waals surface area contributed by atoms with Crippen molar-refractivity contribution in [1.82, 2.24) is 10.9 Å². The smallest absolute Gasteiger partial charge is 0.262 e. The highest BCUT2D eigenvalue weighted by Gasteiger charge is 2.03. The number of hydrazine groups is 1. The minimum Gasteiger partial charge on any atom is -0.494 e. The molecule has 0 bridgehead atoms. The fraction of sp³-hybridized carbons (Fsp3) is 0.0588. The van der Waals surface area contributed by atoms with Crippen molar-refractivity contribution in [3.05, 3.63) is 64.9 Å². The standard InChI is InChI=1S/C17H15ClFN3O2S/c1-24-15-8-2-11(10-14(15)19)3-9-16(23)21-22-17(25)20-13-6-4-12(18)5-7-13/h2-10H,1H3,(H,21,23)(H2,20,22,25)/b9-3+. The predicted molar refractivity (Wildman–Crippen MR) is 101 cm³/mol. The van der Waals surface area contributed by atoms with E-state index in [9.17, 15) is 9.18 Å². The van der Waals surface area contributed by atoms with Gasteiger partial charge in [0, 0.05) is 16.8 Å². The number of halogens is 2. The molecular formula is C17H15ClFN3O2S. The van der Waals surface area contributed by atoms with Crippen LogP contribution in [0.15, 0.2) is 48.5 Å². The molecule has 0 aromatic heterocycles. The van der Waals surface area contributed by atoms with Crippen LogP contribution in [0.1, 0.15) is 5.56 Å². The van der Waals surface area contributed by atoms with Gasteiger partial charge in [0.25, 0.3) is 5.91 Å². The number of thiocarbonyl (C=S) groups is 1. The van der Waals surface area contributed by atoms with Crippen LogP contribution in [-0.4, -0.2) is 18.1 Å². The molecule has 2 aromatic carbocycles. The number of amides is 1. The summed E-state index contributed by atoms with van der Waals surface area (Å²) < 4.78 is 18.4. The van der Waals surface area contributed by atoms with E-state index in [4.69, 9.17) is 28.6 Å². The molecule has 0 radical (unpaired) electrons. The molecule has 1 amide bonds. The zero-order chi connectivity index (χ0) is 18.2. The second-order valence-electron chi connectivity index (χ2n) is 4.80. The predicted octanol–water partition coefficient (Wildman–Crippen LogP) is 3.52. The van der Waals surface area contributed by atoms with Crippen molar-refractivity contribution >= 4 is 46.6 Å². The fourth-order valence-electron chi connectivity index (χ4n) is 1.81. The highest BCUT2D eigenvalue weighted by atomic mass is 35.5. The molecule has 0 aliphatic heterocycles. The van der Waals surface area contributed by atoms with Crippen LogP contribution in [0.4, 0.5) is 10.1 Å². The molecule has 0 saturated heterocycles. The van der Waals surface area contributed by atoms with Crippen LogP contribution in [0.3, 0.4) is 0 Å². The van der Waals surface area contributed by atoms with Gasteiger partial charge in [-0.15, -0.1) is 0 Å². The average Bonchev–Trinajstić information content (AvgIpc) is 2.60. The Morgan fingerprint density at radius 1 is 1.20 bits per heavy atom. The first-order valence-corrected chi connectivity index (χ1v) is 7.90. The Morgan fingerprint density at radius 2 is 1.92 bits per heavy atom. The van der Waals surface area contributed by atoms with Crippen molar-refractivity contribution in [3.8, 4) is 5.75 Å². The van der Waals surface area contributed by atoms with Gasteiger partial charge >= 0.3 is 0 Å². The largest absolute Gasteiger partial charge is 0.494 e. The van der Waals surface area contributed by atoms with Crippen LogP contribution < -0.4 is 20.9 Å². The van der Waals surface area contributed by atoms with E-state index in [0.29, 0.717) is 10.6 Å². The van der Waals surface area contributed by atoms with E-state index in [1.54, 1.807) is 30.3 Å². The molecule has 2 rings (SSSR count). The van der Waals surface area contributed by atoms with Crippen LogP contribution in [0.25, 0.3) is 6.08 Å². The molecule has 5 nitrogen and oxygen atoms in total. The first-order chi connectivity index (χ1) is 12.0. The molecule has 0 saturated carbocycles. The first kappa shape index (κ1) is 18.7. The summed E-state index contributed by atoms with van der Waals surface area (Å²) in [6.07, 6.45) is 2.72. The summed E-state index contributed by atoms with van der Waals surface area (Å²) in [4.78, 5) is 11.7. The highest BCUT2D eigenvalue weighted by molar-refractivity contribution is 7.80. The van der Waals surface area contributed by atoms with Gasteiger partial charge in [-0.3, -0.25) is 15.6 Å². The third kappa shape index (κ3) is 6.06. The van der Waals surface area contributed by atoms with E-state index >= 15 is 0 Å². The molecule has 0 aliphatic rings. The minimum atomic E-state index is -0.503. The van der Waals surface area contributed by atoms with Gasteiger partial charge in [-0.2, -0.15) is 0 Å². The molecule has 130 valence electrons. The molecule has 25 heavy (non-hydrogen) atoms. The molecule has 0 atom stereocenters. The summed E-state index contributed by atoms with van der Waals surface area (Å²) in [5.41, 5.74) is 6.20. The average molecular weight is 380 g/mol. The molecule has 8 heteroatoms. The maximum absolute atomic E-state index is 13.6. The normalized spacial score (nSPS) is 10.4. The Morgan fingerprint density at radius 3 is 2.56 bits per heavy atom. The number of carbonyl (C=O) groups is 1. The number of anilines is 1. The molecule has 2 aromatic rings. The van der Waals surface area contributed by atoms with Crippen molar-refractivity contribution in [3.63, 3.8) is 0 Å². The molecule has 0 unspecified atom stereocenters. The third-order valence-corrected chi connectivity index (χ3v) is 3.46. The maximum atomic E-state index is 13.6. The minimum absolute atomic E-state index is 0.141. The number of methoxy groups -OCH3 is 1. The highest BCUT2D eigenvalue weighted by Crippen LogP contribution is 2.18. The molecular weight excluding hydrogens is 365 g/mol. The number of hydrogen-bond donors (Lipinski definition) is 3.